The summed E-state index contributed by atoms with van der Waals surface area (Å²) >= 11 is 7.41. The molecule has 17 heavy (non-hydrogen) atoms. The number of hydrogen-bond acceptors (Lipinski definition) is 3. The van der Waals surface area contributed by atoms with E-state index >= 15 is 0 Å². The highest BCUT2D eigenvalue weighted by Crippen LogP contribution is 2.29. The number of nitrogens with two attached hydrogens (primary N) is 1. The first kappa shape index (κ1) is 14.2. The zero-order chi connectivity index (χ0) is 13.0. The van der Waals surface area contributed by atoms with Gasteiger partial charge in [-0.25, -0.2) is 0 Å². The van der Waals surface area contributed by atoms with Gasteiger partial charge in [-0.05, 0) is 38.5 Å². The minimum Gasteiger partial charge on any atom is -0.398 e. The molecule has 0 atom stereocenters. The van der Waals surface area contributed by atoms with Crippen molar-refractivity contribution in [3.05, 3.63) is 22.7 Å². The molecule has 0 heterocycles. The molecule has 0 aliphatic carbocycles. The number of rotatable bonds is 4. The maximum atomic E-state index is 11.5. The Balaban J connectivity index is 2.63. The van der Waals surface area contributed by atoms with Crippen LogP contribution in [-0.2, 0) is 4.79 Å². The minimum absolute atomic E-state index is 0.0253. The Morgan fingerprint density at radius 2 is 2.18 bits per heavy atom. The van der Waals surface area contributed by atoms with Crippen LogP contribution in [0, 0.1) is 6.92 Å². The molecule has 5 heteroatoms. The molecule has 0 fully saturated rings. The molecule has 1 rings (SSSR count). The van der Waals surface area contributed by atoms with E-state index in [4.69, 9.17) is 17.3 Å². The number of carbonyl (C=O) groups is 1. The lowest BCUT2D eigenvalue weighted by atomic mass is 10.2. The van der Waals surface area contributed by atoms with Gasteiger partial charge in [0.2, 0.25) is 5.91 Å². The van der Waals surface area contributed by atoms with Crippen molar-refractivity contribution in [2.75, 3.05) is 11.5 Å². The molecule has 0 aliphatic heterocycles. The van der Waals surface area contributed by atoms with Gasteiger partial charge in [0.15, 0.2) is 0 Å². The molecular weight excluding hydrogens is 256 g/mol. The van der Waals surface area contributed by atoms with Crippen LogP contribution in [0.1, 0.15) is 19.4 Å². The molecule has 1 aromatic carbocycles. The minimum atomic E-state index is 0.0253. The Bertz CT molecular complexity index is 421. The van der Waals surface area contributed by atoms with Crippen LogP contribution in [-0.4, -0.2) is 17.7 Å². The third-order valence-electron chi connectivity index (χ3n) is 2.10. The van der Waals surface area contributed by atoms with Crippen molar-refractivity contribution in [2.24, 2.45) is 0 Å². The number of hydrogen-bond donors (Lipinski definition) is 2. The summed E-state index contributed by atoms with van der Waals surface area (Å²) in [7, 11) is 0. The number of thioether (sulfide) groups is 1. The largest absolute Gasteiger partial charge is 0.398 e. The molecule has 0 radical (unpaired) electrons. The Labute approximate surface area is 111 Å². The van der Waals surface area contributed by atoms with Gasteiger partial charge in [-0.3, -0.25) is 4.79 Å². The number of nitrogen functional groups attached to an aromatic ring is 1. The molecule has 94 valence electrons. The molecule has 0 aliphatic rings. The smallest absolute Gasteiger partial charge is 0.230 e. The van der Waals surface area contributed by atoms with Gasteiger partial charge in [-0.2, -0.15) is 0 Å². The number of carbonyl (C=O) groups excluding carboxylic acids is 1. The van der Waals surface area contributed by atoms with E-state index in [0.29, 0.717) is 16.5 Å². The number of nitrogens with one attached hydrogen (secondary N) is 1. The summed E-state index contributed by atoms with van der Waals surface area (Å²) in [4.78, 5) is 12.5. The maximum absolute atomic E-state index is 11.5. The van der Waals surface area contributed by atoms with E-state index in [0.717, 1.165) is 10.5 Å². The Morgan fingerprint density at radius 1 is 1.53 bits per heavy atom. The lowest BCUT2D eigenvalue weighted by Crippen LogP contribution is -2.31. The Kier molecular flexibility index (Phi) is 5.15. The Morgan fingerprint density at radius 3 is 2.76 bits per heavy atom. The van der Waals surface area contributed by atoms with Crippen LogP contribution >= 0.6 is 23.4 Å². The number of halogens is 1. The number of benzene rings is 1. The summed E-state index contributed by atoms with van der Waals surface area (Å²) in [5.74, 6) is 0.413. The zero-order valence-electron chi connectivity index (χ0n) is 10.2. The Hall–Kier alpha value is -0.870. The normalized spacial score (nSPS) is 10.6. The van der Waals surface area contributed by atoms with Crippen LogP contribution in [0.3, 0.4) is 0 Å². The highest BCUT2D eigenvalue weighted by Gasteiger charge is 2.08. The first-order valence-corrected chi connectivity index (χ1v) is 6.74. The zero-order valence-corrected chi connectivity index (χ0v) is 11.8. The van der Waals surface area contributed by atoms with Crippen molar-refractivity contribution in [1.29, 1.82) is 0 Å². The second kappa shape index (κ2) is 6.17. The average molecular weight is 273 g/mol. The molecule has 3 N–H and O–H groups in total. The van der Waals surface area contributed by atoms with Crippen LogP contribution in [0.5, 0.6) is 0 Å². The molecule has 1 amide bonds. The van der Waals surface area contributed by atoms with Crippen LogP contribution in [0.25, 0.3) is 0 Å². The predicted octanol–water partition coefficient (Wildman–Crippen LogP) is 2.85. The van der Waals surface area contributed by atoms with Gasteiger partial charge < -0.3 is 11.1 Å². The second-order valence-electron chi connectivity index (χ2n) is 4.15. The van der Waals surface area contributed by atoms with Gasteiger partial charge in [0.25, 0.3) is 0 Å². The van der Waals surface area contributed by atoms with E-state index in [2.05, 4.69) is 5.32 Å². The third-order valence-corrected chi connectivity index (χ3v) is 3.59. The molecule has 0 spiro atoms. The van der Waals surface area contributed by atoms with Gasteiger partial charge in [0, 0.05) is 10.9 Å². The fourth-order valence-electron chi connectivity index (χ4n) is 1.35. The van der Waals surface area contributed by atoms with Crippen LogP contribution in [0.2, 0.25) is 5.02 Å². The first-order valence-electron chi connectivity index (χ1n) is 5.38. The molecule has 1 aromatic rings. The predicted molar refractivity (Wildman–Crippen MR) is 74.6 cm³/mol. The van der Waals surface area contributed by atoms with Crippen molar-refractivity contribution in [3.63, 3.8) is 0 Å². The maximum Gasteiger partial charge on any atom is 0.230 e. The van der Waals surface area contributed by atoms with Crippen molar-refractivity contribution in [1.82, 2.24) is 5.32 Å². The van der Waals surface area contributed by atoms with Gasteiger partial charge in [0.05, 0.1) is 16.5 Å². The second-order valence-corrected chi connectivity index (χ2v) is 5.57. The fourth-order valence-corrected chi connectivity index (χ4v) is 2.43. The molecule has 0 saturated heterocycles. The first-order chi connectivity index (χ1) is 7.90. The van der Waals surface area contributed by atoms with Gasteiger partial charge in [-0.1, -0.05) is 11.6 Å². The molecule has 0 unspecified atom stereocenters. The van der Waals surface area contributed by atoms with Crippen molar-refractivity contribution >= 4 is 35.0 Å². The fraction of sp³-hybridized carbons (Fsp3) is 0.417. The lowest BCUT2D eigenvalue weighted by molar-refractivity contribution is -0.119. The summed E-state index contributed by atoms with van der Waals surface area (Å²) in [6.07, 6.45) is 0. The molecule has 0 bridgehead atoms. The summed E-state index contributed by atoms with van der Waals surface area (Å²) in [6, 6.07) is 3.80. The monoisotopic (exact) mass is 272 g/mol. The number of aryl methyl sites for hydroxylation is 1. The molecule has 0 aromatic heterocycles. The molecular formula is C12H17ClN2OS. The lowest BCUT2D eigenvalue weighted by Gasteiger charge is -2.10. The van der Waals surface area contributed by atoms with Crippen molar-refractivity contribution < 1.29 is 4.79 Å². The topological polar surface area (TPSA) is 55.1 Å². The van der Waals surface area contributed by atoms with E-state index in [-0.39, 0.29) is 11.9 Å². The highest BCUT2D eigenvalue weighted by atomic mass is 35.5. The SMILES string of the molecule is Cc1cc(N)c(Cl)cc1SCC(=O)NC(C)C. The van der Waals surface area contributed by atoms with E-state index in [1.807, 2.05) is 26.8 Å². The standard InChI is InChI=1S/C12H17ClN2OS/c1-7(2)15-12(16)6-17-11-5-9(13)10(14)4-8(11)3/h4-5,7H,6,14H2,1-3H3,(H,15,16). The van der Waals surface area contributed by atoms with Crippen molar-refractivity contribution in [3.8, 4) is 0 Å². The van der Waals surface area contributed by atoms with E-state index in [1.165, 1.54) is 11.8 Å². The highest BCUT2D eigenvalue weighted by molar-refractivity contribution is 8.00. The summed E-state index contributed by atoms with van der Waals surface area (Å²) in [6.45, 7) is 5.83. The summed E-state index contributed by atoms with van der Waals surface area (Å²) in [5, 5.41) is 3.37. The van der Waals surface area contributed by atoms with Crippen molar-refractivity contribution in [2.45, 2.75) is 31.7 Å². The van der Waals surface area contributed by atoms with Gasteiger partial charge in [-0.15, -0.1) is 11.8 Å². The number of anilines is 1. The van der Waals surface area contributed by atoms with E-state index < -0.39 is 0 Å². The molecule has 0 saturated carbocycles. The van der Waals surface area contributed by atoms with Crippen LogP contribution < -0.4 is 11.1 Å². The number of amides is 1. The van der Waals surface area contributed by atoms with Crippen LogP contribution in [0.4, 0.5) is 5.69 Å². The molecule has 3 nitrogen and oxygen atoms in total. The summed E-state index contributed by atoms with van der Waals surface area (Å²) < 4.78 is 0. The van der Waals surface area contributed by atoms with Crippen LogP contribution in [0.15, 0.2) is 17.0 Å². The van der Waals surface area contributed by atoms with E-state index in [9.17, 15) is 4.79 Å². The van der Waals surface area contributed by atoms with E-state index in [1.54, 1.807) is 6.07 Å². The summed E-state index contributed by atoms with van der Waals surface area (Å²) in [5.41, 5.74) is 7.30. The third kappa shape index (κ3) is 4.48. The van der Waals surface area contributed by atoms with Gasteiger partial charge in [0.1, 0.15) is 0 Å². The quantitative estimate of drug-likeness (QED) is 0.655. The average Bonchev–Trinajstić information content (AvgIpc) is 2.20. The van der Waals surface area contributed by atoms with Gasteiger partial charge >= 0.3 is 0 Å².